The topological polar surface area (TPSA) is 32.8 Å². The number of rotatable bonds is 4. The van der Waals surface area contributed by atoms with Crippen molar-refractivity contribution in [2.75, 3.05) is 39.8 Å². The summed E-state index contributed by atoms with van der Waals surface area (Å²) in [5.74, 6) is 2.52. The zero-order valence-electron chi connectivity index (χ0n) is 15.7. The normalized spacial score (nSPS) is 31.3. The molecule has 2 saturated heterocycles. The van der Waals surface area contributed by atoms with E-state index in [4.69, 9.17) is 4.74 Å². The maximum absolute atomic E-state index is 12.7. The van der Waals surface area contributed by atoms with E-state index in [1.54, 1.807) is 7.11 Å². The number of hydrogen-bond acceptors (Lipinski definition) is 3. The van der Waals surface area contributed by atoms with Gasteiger partial charge in [0.15, 0.2) is 0 Å². The monoisotopic (exact) mass is 336 g/mol. The van der Waals surface area contributed by atoms with Crippen LogP contribution in [0.3, 0.4) is 0 Å². The molecule has 138 valence electrons. The van der Waals surface area contributed by atoms with E-state index in [1.807, 2.05) is 0 Å². The number of hydrogen-bond donors (Lipinski definition) is 0. The maximum atomic E-state index is 12.7. The van der Waals surface area contributed by atoms with Crippen LogP contribution in [0.1, 0.15) is 58.3 Å². The van der Waals surface area contributed by atoms with E-state index in [0.29, 0.717) is 12.0 Å². The number of carbonyl (C=O) groups excluding carboxylic acids is 1. The molecule has 2 heterocycles. The van der Waals surface area contributed by atoms with Crippen molar-refractivity contribution in [3.05, 3.63) is 0 Å². The molecular formula is C20H36N2O2. The van der Waals surface area contributed by atoms with Gasteiger partial charge < -0.3 is 14.5 Å². The Morgan fingerprint density at radius 2 is 1.54 bits per heavy atom. The second-order valence-electron chi connectivity index (χ2n) is 8.46. The Kier molecular flexibility index (Phi) is 6.56. The molecule has 0 unspecified atom stereocenters. The third-order valence-corrected chi connectivity index (χ3v) is 6.68. The Balaban J connectivity index is 1.38. The summed E-state index contributed by atoms with van der Waals surface area (Å²) < 4.78 is 5.41. The van der Waals surface area contributed by atoms with Crippen molar-refractivity contribution in [2.45, 2.75) is 64.4 Å². The molecule has 0 bridgehead atoms. The van der Waals surface area contributed by atoms with Crippen LogP contribution in [0.5, 0.6) is 0 Å². The quantitative estimate of drug-likeness (QED) is 0.790. The van der Waals surface area contributed by atoms with Crippen LogP contribution in [0.2, 0.25) is 0 Å². The van der Waals surface area contributed by atoms with Crippen molar-refractivity contribution in [2.24, 2.45) is 17.8 Å². The van der Waals surface area contributed by atoms with E-state index in [2.05, 4.69) is 16.7 Å². The van der Waals surface area contributed by atoms with E-state index in [1.165, 1.54) is 32.2 Å². The lowest BCUT2D eigenvalue weighted by molar-refractivity contribution is -0.139. The van der Waals surface area contributed by atoms with E-state index < -0.39 is 0 Å². The van der Waals surface area contributed by atoms with Gasteiger partial charge in [-0.1, -0.05) is 19.8 Å². The first-order valence-corrected chi connectivity index (χ1v) is 10.2. The minimum absolute atomic E-state index is 0.270. The molecule has 3 fully saturated rings. The zero-order valence-corrected chi connectivity index (χ0v) is 15.7. The Labute approximate surface area is 147 Å². The first-order valence-electron chi connectivity index (χ1n) is 10.2. The van der Waals surface area contributed by atoms with Crippen LogP contribution in [-0.2, 0) is 9.53 Å². The zero-order chi connectivity index (χ0) is 16.9. The molecule has 3 rings (SSSR count). The highest BCUT2D eigenvalue weighted by molar-refractivity contribution is 5.79. The summed E-state index contributed by atoms with van der Waals surface area (Å²) in [6.07, 6.45) is 10.1. The average molecular weight is 337 g/mol. The number of piperidine rings is 2. The third kappa shape index (κ3) is 4.72. The average Bonchev–Trinajstić information content (AvgIpc) is 2.64. The van der Waals surface area contributed by atoms with Gasteiger partial charge in [0.25, 0.3) is 0 Å². The second-order valence-corrected chi connectivity index (χ2v) is 8.46. The fourth-order valence-corrected chi connectivity index (χ4v) is 4.81. The summed E-state index contributed by atoms with van der Waals surface area (Å²) in [6.45, 7) is 7.68. The number of likely N-dealkylation sites (tertiary alicyclic amines) is 2. The Bertz CT molecular complexity index is 390. The molecule has 0 aromatic rings. The van der Waals surface area contributed by atoms with Gasteiger partial charge in [-0.2, -0.15) is 0 Å². The lowest BCUT2D eigenvalue weighted by Crippen LogP contribution is -2.47. The van der Waals surface area contributed by atoms with Crippen LogP contribution in [-0.4, -0.2) is 61.6 Å². The van der Waals surface area contributed by atoms with Crippen LogP contribution in [0.15, 0.2) is 0 Å². The maximum Gasteiger partial charge on any atom is 0.225 e. The number of ether oxygens (including phenoxy) is 1. The molecule has 24 heavy (non-hydrogen) atoms. The van der Waals surface area contributed by atoms with Gasteiger partial charge >= 0.3 is 0 Å². The molecule has 1 saturated carbocycles. The molecule has 2 aliphatic heterocycles. The molecule has 0 aromatic heterocycles. The van der Waals surface area contributed by atoms with Crippen LogP contribution in [0.4, 0.5) is 0 Å². The molecular weight excluding hydrogens is 300 g/mol. The third-order valence-electron chi connectivity index (χ3n) is 6.68. The van der Waals surface area contributed by atoms with Crippen LogP contribution >= 0.6 is 0 Å². The molecule has 4 nitrogen and oxygen atoms in total. The second kappa shape index (κ2) is 8.66. The van der Waals surface area contributed by atoms with Crippen molar-refractivity contribution in [3.63, 3.8) is 0 Å². The Morgan fingerprint density at radius 1 is 0.917 bits per heavy atom. The van der Waals surface area contributed by atoms with E-state index in [0.717, 1.165) is 63.7 Å². The molecule has 1 aliphatic carbocycles. The highest BCUT2D eigenvalue weighted by Crippen LogP contribution is 2.30. The van der Waals surface area contributed by atoms with Gasteiger partial charge in [-0.25, -0.2) is 0 Å². The van der Waals surface area contributed by atoms with Crippen molar-refractivity contribution >= 4 is 5.91 Å². The summed E-state index contributed by atoms with van der Waals surface area (Å²) in [5, 5.41) is 0. The minimum Gasteiger partial charge on any atom is -0.381 e. The first-order chi connectivity index (χ1) is 11.7. The van der Waals surface area contributed by atoms with Gasteiger partial charge in [0.2, 0.25) is 5.91 Å². The summed E-state index contributed by atoms with van der Waals surface area (Å²) in [6, 6.07) is 0. The molecule has 0 radical (unpaired) electrons. The number of carbonyl (C=O) groups is 1. The first kappa shape index (κ1) is 18.2. The Hall–Kier alpha value is -0.610. The molecule has 3 aliphatic rings. The van der Waals surface area contributed by atoms with Gasteiger partial charge in [-0.15, -0.1) is 0 Å². The van der Waals surface area contributed by atoms with Crippen molar-refractivity contribution in [1.29, 1.82) is 0 Å². The molecule has 0 N–H and O–H groups in total. The van der Waals surface area contributed by atoms with Crippen molar-refractivity contribution < 1.29 is 9.53 Å². The van der Waals surface area contributed by atoms with E-state index in [9.17, 15) is 4.79 Å². The standard InChI is InChI=1S/C20H36N2O2/c1-16-3-5-17(6-4-16)15-21-11-7-18(8-12-21)20(23)22-13-9-19(24-2)10-14-22/h16-19H,3-15H2,1-2H3. The van der Waals surface area contributed by atoms with Gasteiger partial charge in [0.05, 0.1) is 6.10 Å². The number of methoxy groups -OCH3 is 1. The minimum atomic E-state index is 0.270. The smallest absolute Gasteiger partial charge is 0.225 e. The highest BCUT2D eigenvalue weighted by atomic mass is 16.5. The number of nitrogens with zero attached hydrogens (tertiary/aromatic N) is 2. The molecule has 1 amide bonds. The summed E-state index contributed by atoms with van der Waals surface area (Å²) in [5.41, 5.74) is 0. The van der Waals surface area contributed by atoms with Gasteiger partial charge in [0, 0.05) is 32.7 Å². The van der Waals surface area contributed by atoms with Crippen LogP contribution in [0.25, 0.3) is 0 Å². The van der Waals surface area contributed by atoms with Gasteiger partial charge in [-0.05, 0) is 63.5 Å². The van der Waals surface area contributed by atoms with Crippen molar-refractivity contribution in [1.82, 2.24) is 9.80 Å². The molecule has 0 atom stereocenters. The lowest BCUT2D eigenvalue weighted by atomic mass is 9.82. The molecule has 0 spiro atoms. The lowest BCUT2D eigenvalue weighted by Gasteiger charge is -2.38. The van der Waals surface area contributed by atoms with Crippen LogP contribution < -0.4 is 0 Å². The van der Waals surface area contributed by atoms with E-state index in [-0.39, 0.29) is 5.92 Å². The molecule has 0 aromatic carbocycles. The fourth-order valence-electron chi connectivity index (χ4n) is 4.81. The van der Waals surface area contributed by atoms with Gasteiger partial charge in [-0.3, -0.25) is 4.79 Å². The predicted molar refractivity (Wildman–Crippen MR) is 96.9 cm³/mol. The summed E-state index contributed by atoms with van der Waals surface area (Å²) >= 11 is 0. The van der Waals surface area contributed by atoms with Crippen LogP contribution in [0, 0.1) is 17.8 Å². The fraction of sp³-hybridized carbons (Fsp3) is 0.950. The predicted octanol–water partition coefficient (Wildman–Crippen LogP) is 3.16. The highest BCUT2D eigenvalue weighted by Gasteiger charge is 2.31. The summed E-state index contributed by atoms with van der Waals surface area (Å²) in [4.78, 5) is 17.5. The number of amides is 1. The van der Waals surface area contributed by atoms with Gasteiger partial charge in [0.1, 0.15) is 0 Å². The largest absolute Gasteiger partial charge is 0.381 e. The Morgan fingerprint density at radius 3 is 2.12 bits per heavy atom. The SMILES string of the molecule is COC1CCN(C(=O)C2CCN(CC3CCC(C)CC3)CC2)CC1. The van der Waals surface area contributed by atoms with E-state index >= 15 is 0 Å². The summed E-state index contributed by atoms with van der Waals surface area (Å²) in [7, 11) is 1.78. The van der Waals surface area contributed by atoms with Crippen molar-refractivity contribution in [3.8, 4) is 0 Å². The molecule has 4 heteroatoms.